The number of rotatable bonds is 7. The van der Waals surface area contributed by atoms with Gasteiger partial charge in [-0.25, -0.2) is 0 Å². The van der Waals surface area contributed by atoms with Crippen molar-refractivity contribution in [3.63, 3.8) is 0 Å². The smallest absolute Gasteiger partial charge is 0.237 e. The summed E-state index contributed by atoms with van der Waals surface area (Å²) >= 11 is 0. The van der Waals surface area contributed by atoms with E-state index in [0.717, 1.165) is 6.54 Å². The lowest BCUT2D eigenvalue weighted by Gasteiger charge is -2.22. The summed E-state index contributed by atoms with van der Waals surface area (Å²) in [7, 11) is 5.42. The lowest BCUT2D eigenvalue weighted by atomic mass is 10.1. The van der Waals surface area contributed by atoms with E-state index in [1.165, 1.54) is 6.92 Å². The molecule has 0 rings (SSSR count). The fourth-order valence-electron chi connectivity index (χ4n) is 1.21. The molecule has 0 aromatic heterocycles. The molecule has 1 unspecified atom stereocenters. The Hall–Kier alpha value is -0.940. The molecule has 0 spiro atoms. The van der Waals surface area contributed by atoms with Crippen LogP contribution in [0, 0.1) is 0 Å². The van der Waals surface area contributed by atoms with Gasteiger partial charge in [0.25, 0.3) is 0 Å². The van der Waals surface area contributed by atoms with Crippen molar-refractivity contribution >= 4 is 11.7 Å². The van der Waals surface area contributed by atoms with Crippen molar-refractivity contribution in [3.8, 4) is 0 Å². The molecule has 0 fully saturated rings. The average Bonchev–Trinajstić information content (AvgIpc) is 2.13. The van der Waals surface area contributed by atoms with Gasteiger partial charge in [-0.2, -0.15) is 0 Å². The van der Waals surface area contributed by atoms with Crippen molar-refractivity contribution in [2.75, 3.05) is 34.2 Å². The minimum Gasteiger partial charge on any atom is -0.353 e. The van der Waals surface area contributed by atoms with E-state index in [1.807, 2.05) is 7.05 Å². The monoisotopic (exact) mass is 215 g/mol. The molecular formula is C10H21N3O2. The van der Waals surface area contributed by atoms with Crippen LogP contribution in [0.25, 0.3) is 0 Å². The van der Waals surface area contributed by atoms with Crippen LogP contribution in [0.3, 0.4) is 0 Å². The average molecular weight is 215 g/mol. The lowest BCUT2D eigenvalue weighted by molar-refractivity contribution is -0.129. The number of nitrogens with one attached hydrogen (secondary N) is 2. The number of hydrogen-bond acceptors (Lipinski definition) is 4. The summed E-state index contributed by atoms with van der Waals surface area (Å²) in [6.07, 6.45) is 0.262. The number of ketones is 1. The van der Waals surface area contributed by atoms with E-state index in [2.05, 4.69) is 10.6 Å². The van der Waals surface area contributed by atoms with Crippen LogP contribution in [0.15, 0.2) is 0 Å². The van der Waals surface area contributed by atoms with E-state index in [1.54, 1.807) is 19.0 Å². The predicted molar refractivity (Wildman–Crippen MR) is 59.7 cm³/mol. The van der Waals surface area contributed by atoms with Crippen LogP contribution in [0.1, 0.15) is 13.3 Å². The van der Waals surface area contributed by atoms with Crippen molar-refractivity contribution in [1.29, 1.82) is 0 Å². The lowest BCUT2D eigenvalue weighted by Crippen LogP contribution is -2.45. The SMILES string of the molecule is CNCCNC(=O)C(CC(C)=O)N(C)C. The number of nitrogens with zero attached hydrogens (tertiary/aromatic N) is 1. The van der Waals surface area contributed by atoms with E-state index < -0.39 is 0 Å². The van der Waals surface area contributed by atoms with Gasteiger partial charge in [0.1, 0.15) is 5.78 Å². The molecule has 15 heavy (non-hydrogen) atoms. The number of carbonyl (C=O) groups excluding carboxylic acids is 2. The van der Waals surface area contributed by atoms with Gasteiger partial charge in [-0.05, 0) is 28.1 Å². The molecule has 0 saturated carbocycles. The van der Waals surface area contributed by atoms with Gasteiger partial charge in [-0.1, -0.05) is 0 Å². The van der Waals surface area contributed by atoms with Crippen LogP contribution in [0.4, 0.5) is 0 Å². The Morgan fingerprint density at radius 2 is 1.87 bits per heavy atom. The van der Waals surface area contributed by atoms with Crippen molar-refractivity contribution in [2.24, 2.45) is 0 Å². The molecular weight excluding hydrogens is 194 g/mol. The molecule has 2 N–H and O–H groups in total. The molecule has 0 aromatic rings. The number of likely N-dealkylation sites (N-methyl/N-ethyl adjacent to an activating group) is 2. The Kier molecular flexibility index (Phi) is 6.90. The summed E-state index contributed by atoms with van der Waals surface area (Å²) in [5, 5.41) is 5.71. The zero-order chi connectivity index (χ0) is 11.8. The highest BCUT2D eigenvalue weighted by molar-refractivity contribution is 5.88. The summed E-state index contributed by atoms with van der Waals surface area (Å²) in [5.41, 5.74) is 0. The minimum absolute atomic E-state index is 0.0254. The normalized spacial score (nSPS) is 12.6. The number of carbonyl (C=O) groups is 2. The van der Waals surface area contributed by atoms with Crippen molar-refractivity contribution in [3.05, 3.63) is 0 Å². The first-order chi connectivity index (χ1) is 6.99. The van der Waals surface area contributed by atoms with Crippen LogP contribution in [-0.4, -0.2) is 56.9 Å². The minimum atomic E-state index is -0.362. The molecule has 5 heteroatoms. The van der Waals surface area contributed by atoms with Gasteiger partial charge in [0.2, 0.25) is 5.91 Å². The van der Waals surface area contributed by atoms with Crippen LogP contribution >= 0.6 is 0 Å². The molecule has 0 aliphatic rings. The third kappa shape index (κ3) is 6.19. The summed E-state index contributed by atoms with van der Waals surface area (Å²) in [6, 6.07) is -0.362. The maximum absolute atomic E-state index is 11.7. The topological polar surface area (TPSA) is 61.4 Å². The second-order valence-corrected chi connectivity index (χ2v) is 3.78. The van der Waals surface area contributed by atoms with Gasteiger partial charge >= 0.3 is 0 Å². The third-order valence-corrected chi connectivity index (χ3v) is 2.08. The molecule has 0 radical (unpaired) electrons. The first-order valence-electron chi connectivity index (χ1n) is 5.07. The quantitative estimate of drug-likeness (QED) is 0.548. The second kappa shape index (κ2) is 7.36. The van der Waals surface area contributed by atoms with Crippen molar-refractivity contribution in [2.45, 2.75) is 19.4 Å². The predicted octanol–water partition coefficient (Wildman–Crippen LogP) is -0.769. The standard InChI is InChI=1S/C10H21N3O2/c1-8(14)7-9(13(3)4)10(15)12-6-5-11-2/h9,11H,5-7H2,1-4H3,(H,12,15). The van der Waals surface area contributed by atoms with Crippen molar-refractivity contribution in [1.82, 2.24) is 15.5 Å². The zero-order valence-corrected chi connectivity index (χ0v) is 9.96. The third-order valence-electron chi connectivity index (χ3n) is 2.08. The fraction of sp³-hybridized carbons (Fsp3) is 0.800. The van der Waals surface area contributed by atoms with Crippen LogP contribution in [0.5, 0.6) is 0 Å². The largest absolute Gasteiger partial charge is 0.353 e. The van der Waals surface area contributed by atoms with E-state index in [0.29, 0.717) is 6.54 Å². The molecule has 1 amide bonds. The highest BCUT2D eigenvalue weighted by Crippen LogP contribution is 2.00. The Balaban J connectivity index is 4.11. The van der Waals surface area contributed by atoms with Gasteiger partial charge in [-0.15, -0.1) is 0 Å². The van der Waals surface area contributed by atoms with Crippen LogP contribution in [0.2, 0.25) is 0 Å². The highest BCUT2D eigenvalue weighted by atomic mass is 16.2. The summed E-state index contributed by atoms with van der Waals surface area (Å²) in [4.78, 5) is 24.4. The van der Waals surface area contributed by atoms with Gasteiger partial charge in [0.15, 0.2) is 0 Å². The Labute approximate surface area is 91.2 Å². The number of Topliss-reactive ketones (excluding diaryl/α,β-unsaturated/α-hetero) is 1. The first-order valence-corrected chi connectivity index (χ1v) is 5.07. The Morgan fingerprint density at radius 3 is 2.27 bits per heavy atom. The molecule has 0 bridgehead atoms. The van der Waals surface area contributed by atoms with Gasteiger partial charge in [0.05, 0.1) is 6.04 Å². The zero-order valence-electron chi connectivity index (χ0n) is 9.96. The van der Waals surface area contributed by atoms with Gasteiger partial charge in [0, 0.05) is 19.5 Å². The van der Waals surface area contributed by atoms with Crippen LogP contribution < -0.4 is 10.6 Å². The van der Waals surface area contributed by atoms with Gasteiger partial charge < -0.3 is 10.6 Å². The maximum Gasteiger partial charge on any atom is 0.237 e. The highest BCUT2D eigenvalue weighted by Gasteiger charge is 2.21. The Morgan fingerprint density at radius 1 is 1.27 bits per heavy atom. The second-order valence-electron chi connectivity index (χ2n) is 3.78. The van der Waals surface area contributed by atoms with E-state index in [9.17, 15) is 9.59 Å². The van der Waals surface area contributed by atoms with E-state index >= 15 is 0 Å². The molecule has 0 aliphatic heterocycles. The van der Waals surface area contributed by atoms with Crippen LogP contribution in [-0.2, 0) is 9.59 Å². The summed E-state index contributed by atoms with van der Waals surface area (Å²) in [5.74, 6) is -0.0667. The number of hydrogen-bond donors (Lipinski definition) is 2. The first kappa shape index (κ1) is 14.1. The molecule has 5 nitrogen and oxygen atoms in total. The Bertz CT molecular complexity index is 217. The molecule has 0 saturated heterocycles. The molecule has 0 aliphatic carbocycles. The fourth-order valence-corrected chi connectivity index (χ4v) is 1.21. The summed E-state index contributed by atoms with van der Waals surface area (Å²) in [6.45, 7) is 2.81. The van der Waals surface area contributed by atoms with Gasteiger partial charge in [-0.3, -0.25) is 14.5 Å². The maximum atomic E-state index is 11.7. The number of amides is 1. The van der Waals surface area contributed by atoms with E-state index in [4.69, 9.17) is 0 Å². The molecule has 0 heterocycles. The molecule has 1 atom stereocenters. The molecule has 0 aromatic carbocycles. The van der Waals surface area contributed by atoms with E-state index in [-0.39, 0.29) is 24.2 Å². The van der Waals surface area contributed by atoms with Crippen molar-refractivity contribution < 1.29 is 9.59 Å². The molecule has 88 valence electrons. The summed E-state index contributed by atoms with van der Waals surface area (Å²) < 4.78 is 0.